The minimum absolute atomic E-state index is 0.00271. The van der Waals surface area contributed by atoms with Gasteiger partial charge in [0.1, 0.15) is 5.60 Å². The molecule has 7 aromatic rings. The Morgan fingerprint density at radius 3 is 1.90 bits per heavy atom. The van der Waals surface area contributed by atoms with E-state index in [0.29, 0.717) is 11.1 Å². The van der Waals surface area contributed by atoms with Crippen molar-refractivity contribution in [2.75, 3.05) is 0 Å². The van der Waals surface area contributed by atoms with Gasteiger partial charge in [0, 0.05) is 27.3 Å². The number of ether oxygens (including phenoxy) is 1. The number of hydrogen-bond donors (Lipinski definition) is 0. The Morgan fingerprint density at radius 2 is 1.16 bits per heavy atom. The summed E-state index contributed by atoms with van der Waals surface area (Å²) in [6.07, 6.45) is -0.388. The summed E-state index contributed by atoms with van der Waals surface area (Å²) in [6, 6.07) is 44.9. The molecule has 49 heavy (non-hydrogen) atoms. The Morgan fingerprint density at radius 1 is 0.551 bits per heavy atom. The van der Waals surface area contributed by atoms with Crippen LogP contribution < -0.4 is 0 Å². The minimum atomic E-state index is -0.643. The molecule has 0 saturated carbocycles. The highest BCUT2D eigenvalue weighted by Crippen LogP contribution is 2.51. The largest absolute Gasteiger partial charge is 0.443 e. The van der Waals surface area contributed by atoms with Gasteiger partial charge in [-0.15, -0.1) is 0 Å². The summed E-state index contributed by atoms with van der Waals surface area (Å²) in [7, 11) is 0. The third-order valence-electron chi connectivity index (χ3n) is 9.73. The molecule has 0 saturated heterocycles. The fourth-order valence-corrected chi connectivity index (χ4v) is 7.37. The fourth-order valence-electron chi connectivity index (χ4n) is 7.37. The molecule has 0 unspecified atom stereocenters. The molecule has 0 amide bonds. The molecule has 0 aliphatic heterocycles. The maximum atomic E-state index is 13.9. The monoisotopic (exact) mass is 639 g/mol. The molecule has 0 spiro atoms. The van der Waals surface area contributed by atoms with Gasteiger partial charge >= 0.3 is 6.09 Å². The Kier molecular flexibility index (Phi) is 6.97. The van der Waals surface area contributed by atoms with Gasteiger partial charge in [-0.25, -0.2) is 9.36 Å². The van der Waals surface area contributed by atoms with Crippen LogP contribution in [0.1, 0.15) is 61.7 Å². The lowest BCUT2D eigenvalue weighted by Gasteiger charge is -2.22. The minimum Gasteiger partial charge on any atom is -0.443 e. The van der Waals surface area contributed by atoms with Crippen LogP contribution in [0.15, 0.2) is 133 Å². The van der Waals surface area contributed by atoms with Crippen molar-refractivity contribution in [2.45, 2.75) is 45.6 Å². The second-order valence-electron chi connectivity index (χ2n) is 14.5. The topological polar surface area (TPSA) is 48.3 Å². The van der Waals surface area contributed by atoms with Crippen LogP contribution in [0.25, 0.3) is 55.2 Å². The van der Waals surface area contributed by atoms with E-state index < -0.39 is 5.60 Å². The van der Waals surface area contributed by atoms with Crippen molar-refractivity contribution in [3.05, 3.63) is 156 Å². The standard InChI is InChI=1S/C45H37NO3/c1-44(2,3)49-43(48)46-40-22-21-32(25-36(40)37-26-35-34-19-9-10-20-38(34)45(4,5)39(35)27-41(37)46)30-16-11-15-29(23-30)31-17-12-18-33(24-31)42(47)28-13-7-6-8-14-28/h6-27H,1-5H3. The van der Waals surface area contributed by atoms with E-state index in [0.717, 1.165) is 44.1 Å². The lowest BCUT2D eigenvalue weighted by atomic mass is 9.82. The highest BCUT2D eigenvalue weighted by atomic mass is 16.6. The molecule has 1 aliphatic carbocycles. The van der Waals surface area contributed by atoms with Gasteiger partial charge in [-0.3, -0.25) is 4.79 Å². The molecule has 4 nitrogen and oxygen atoms in total. The molecule has 8 rings (SSSR count). The van der Waals surface area contributed by atoms with Crippen LogP contribution in [0.2, 0.25) is 0 Å². The number of benzene rings is 6. The first kappa shape index (κ1) is 30.6. The fraction of sp³-hybridized carbons (Fsp3) is 0.156. The van der Waals surface area contributed by atoms with Crippen LogP contribution in [-0.4, -0.2) is 22.0 Å². The number of fused-ring (bicyclic) bond motifs is 6. The van der Waals surface area contributed by atoms with Gasteiger partial charge < -0.3 is 4.74 Å². The quantitative estimate of drug-likeness (QED) is 0.180. The van der Waals surface area contributed by atoms with Crippen LogP contribution in [0.4, 0.5) is 4.79 Å². The van der Waals surface area contributed by atoms with E-state index in [1.165, 1.54) is 22.3 Å². The van der Waals surface area contributed by atoms with Crippen molar-refractivity contribution in [3.63, 3.8) is 0 Å². The smallest absolute Gasteiger partial charge is 0.419 e. The SMILES string of the molecule is CC(C)(C)OC(=O)n1c2ccc(-c3cccc(-c4cccc(C(=O)c5ccccc5)c4)c3)cc2c2cc3c(cc21)C(C)(C)c1ccccc1-3. The molecule has 6 aromatic carbocycles. The second kappa shape index (κ2) is 11.2. The number of carbonyl (C=O) groups excluding carboxylic acids is 2. The summed E-state index contributed by atoms with van der Waals surface area (Å²) in [5.41, 5.74) is 11.1. The zero-order valence-corrected chi connectivity index (χ0v) is 28.4. The Labute approximate surface area is 286 Å². The van der Waals surface area contributed by atoms with Gasteiger partial charge in [0.2, 0.25) is 0 Å². The average Bonchev–Trinajstić information content (AvgIpc) is 3.54. The van der Waals surface area contributed by atoms with E-state index in [9.17, 15) is 9.59 Å². The Hall–Kier alpha value is -5.74. The second-order valence-corrected chi connectivity index (χ2v) is 14.5. The number of nitrogens with zero attached hydrogens (tertiary/aromatic N) is 1. The maximum Gasteiger partial charge on any atom is 0.419 e. The third-order valence-corrected chi connectivity index (χ3v) is 9.73. The summed E-state index contributed by atoms with van der Waals surface area (Å²) in [5, 5.41) is 2.00. The van der Waals surface area contributed by atoms with Gasteiger partial charge in [-0.05, 0) is 102 Å². The molecular formula is C45H37NO3. The van der Waals surface area contributed by atoms with Gasteiger partial charge in [0.25, 0.3) is 0 Å². The van der Waals surface area contributed by atoms with E-state index in [4.69, 9.17) is 4.74 Å². The molecule has 0 fully saturated rings. The zero-order valence-electron chi connectivity index (χ0n) is 28.4. The Bertz CT molecular complexity index is 2460. The average molecular weight is 640 g/mol. The summed E-state index contributed by atoms with van der Waals surface area (Å²) in [6.45, 7) is 10.2. The van der Waals surface area contributed by atoms with Crippen molar-refractivity contribution in [1.29, 1.82) is 0 Å². The maximum absolute atomic E-state index is 13.9. The van der Waals surface area contributed by atoms with Gasteiger partial charge in [-0.2, -0.15) is 0 Å². The highest BCUT2D eigenvalue weighted by molar-refractivity contribution is 6.15. The predicted octanol–water partition coefficient (Wildman–Crippen LogP) is 11.4. The molecule has 4 heteroatoms. The third kappa shape index (κ3) is 5.16. The van der Waals surface area contributed by atoms with Crippen LogP contribution in [-0.2, 0) is 10.2 Å². The number of aromatic nitrogens is 1. The van der Waals surface area contributed by atoms with Crippen LogP contribution >= 0.6 is 0 Å². The molecule has 0 atom stereocenters. The van der Waals surface area contributed by atoms with Crippen molar-refractivity contribution in [1.82, 2.24) is 4.57 Å². The lowest BCUT2D eigenvalue weighted by Crippen LogP contribution is -2.27. The number of hydrogen-bond acceptors (Lipinski definition) is 3. The van der Waals surface area contributed by atoms with E-state index in [-0.39, 0.29) is 17.3 Å². The number of ketones is 1. The van der Waals surface area contributed by atoms with Crippen molar-refractivity contribution in [3.8, 4) is 33.4 Å². The summed E-state index contributed by atoms with van der Waals surface area (Å²) in [5.74, 6) is 0.00271. The molecule has 0 bridgehead atoms. The van der Waals surface area contributed by atoms with Crippen molar-refractivity contribution >= 4 is 33.7 Å². The van der Waals surface area contributed by atoms with Crippen molar-refractivity contribution < 1.29 is 14.3 Å². The molecule has 240 valence electrons. The van der Waals surface area contributed by atoms with Crippen molar-refractivity contribution in [2.24, 2.45) is 0 Å². The van der Waals surface area contributed by atoms with E-state index in [2.05, 4.69) is 86.6 Å². The Balaban J connectivity index is 1.27. The lowest BCUT2D eigenvalue weighted by molar-refractivity contribution is 0.0551. The number of rotatable bonds is 4. The number of carbonyl (C=O) groups is 2. The van der Waals surface area contributed by atoms with E-state index in [1.54, 1.807) is 4.57 Å². The summed E-state index contributed by atoms with van der Waals surface area (Å²) < 4.78 is 7.71. The summed E-state index contributed by atoms with van der Waals surface area (Å²) in [4.78, 5) is 27.1. The molecule has 1 heterocycles. The van der Waals surface area contributed by atoms with Crippen LogP contribution in [0.5, 0.6) is 0 Å². The molecule has 0 radical (unpaired) electrons. The van der Waals surface area contributed by atoms with Gasteiger partial charge in [0.05, 0.1) is 11.0 Å². The first-order valence-electron chi connectivity index (χ1n) is 16.8. The molecule has 1 aliphatic rings. The van der Waals surface area contributed by atoms with Gasteiger partial charge in [0.15, 0.2) is 5.78 Å². The van der Waals surface area contributed by atoms with E-state index in [1.807, 2.05) is 81.4 Å². The first-order chi connectivity index (χ1) is 23.5. The predicted molar refractivity (Wildman–Crippen MR) is 199 cm³/mol. The summed E-state index contributed by atoms with van der Waals surface area (Å²) >= 11 is 0. The van der Waals surface area contributed by atoms with E-state index >= 15 is 0 Å². The normalized spacial score (nSPS) is 13.3. The van der Waals surface area contributed by atoms with Crippen LogP contribution in [0.3, 0.4) is 0 Å². The van der Waals surface area contributed by atoms with Gasteiger partial charge in [-0.1, -0.05) is 111 Å². The van der Waals surface area contributed by atoms with Crippen LogP contribution in [0, 0.1) is 0 Å². The molecule has 1 aromatic heterocycles. The molecule has 0 N–H and O–H groups in total. The zero-order chi connectivity index (χ0) is 34.1. The highest BCUT2D eigenvalue weighted by Gasteiger charge is 2.36. The molecular weight excluding hydrogens is 602 g/mol. The first-order valence-corrected chi connectivity index (χ1v) is 16.8.